The first-order valence-corrected chi connectivity index (χ1v) is 10.9. The summed E-state index contributed by atoms with van der Waals surface area (Å²) in [5, 5.41) is 5.65. The maximum atomic E-state index is 13.2. The summed E-state index contributed by atoms with van der Waals surface area (Å²) in [6.07, 6.45) is 0.323. The lowest BCUT2D eigenvalue weighted by atomic mass is 9.92. The van der Waals surface area contributed by atoms with Crippen molar-refractivity contribution in [2.75, 3.05) is 12.1 Å². The molecule has 1 unspecified atom stereocenters. The van der Waals surface area contributed by atoms with Crippen molar-refractivity contribution in [3.05, 3.63) is 89.5 Å². The van der Waals surface area contributed by atoms with Gasteiger partial charge in [0.1, 0.15) is 5.54 Å². The Bertz CT molecular complexity index is 1260. The van der Waals surface area contributed by atoms with E-state index in [2.05, 4.69) is 10.6 Å². The van der Waals surface area contributed by atoms with Gasteiger partial charge in [-0.2, -0.15) is 0 Å². The number of amides is 4. The molecule has 0 spiro atoms. The van der Waals surface area contributed by atoms with E-state index in [-0.39, 0.29) is 25.2 Å². The van der Waals surface area contributed by atoms with E-state index in [4.69, 9.17) is 9.47 Å². The third-order valence-electron chi connectivity index (χ3n) is 5.93. The van der Waals surface area contributed by atoms with Gasteiger partial charge in [-0.25, -0.2) is 4.79 Å². The fourth-order valence-electron chi connectivity index (χ4n) is 4.14. The molecule has 0 bridgehead atoms. The Morgan fingerprint density at radius 1 is 0.971 bits per heavy atom. The van der Waals surface area contributed by atoms with E-state index in [0.717, 1.165) is 11.1 Å². The van der Waals surface area contributed by atoms with Gasteiger partial charge in [0, 0.05) is 17.7 Å². The summed E-state index contributed by atoms with van der Waals surface area (Å²) in [7, 11) is 0. The van der Waals surface area contributed by atoms with Crippen molar-refractivity contribution in [3.63, 3.8) is 0 Å². The highest BCUT2D eigenvalue weighted by Crippen LogP contribution is 2.34. The van der Waals surface area contributed by atoms with Crippen LogP contribution in [0.15, 0.2) is 72.8 Å². The Hall–Kier alpha value is -4.33. The summed E-state index contributed by atoms with van der Waals surface area (Å²) in [5.41, 5.74) is 1.72. The number of urea groups is 1. The molecule has 2 heterocycles. The number of benzene rings is 3. The Morgan fingerprint density at radius 3 is 2.44 bits per heavy atom. The summed E-state index contributed by atoms with van der Waals surface area (Å²) in [4.78, 5) is 39.5. The maximum Gasteiger partial charge on any atom is 0.325 e. The summed E-state index contributed by atoms with van der Waals surface area (Å²) < 4.78 is 10.7. The molecule has 172 valence electrons. The molecule has 0 aromatic heterocycles. The van der Waals surface area contributed by atoms with Crippen molar-refractivity contribution in [2.24, 2.45) is 0 Å². The molecule has 5 rings (SSSR count). The lowest BCUT2D eigenvalue weighted by molar-refractivity contribution is -0.131. The highest BCUT2D eigenvalue weighted by molar-refractivity contribution is 6.07. The molecule has 3 aromatic carbocycles. The SMILES string of the molecule is CC1(Cc2ccc3c(c2)OCO3)NC(=O)N(Cc2ccc(C(=O)Nc3ccccc3)cc2)C1=O. The smallest absolute Gasteiger partial charge is 0.325 e. The second kappa shape index (κ2) is 8.55. The van der Waals surface area contributed by atoms with Crippen molar-refractivity contribution in [2.45, 2.75) is 25.4 Å². The third kappa shape index (κ3) is 4.17. The van der Waals surface area contributed by atoms with E-state index >= 15 is 0 Å². The van der Waals surface area contributed by atoms with E-state index in [1.54, 1.807) is 37.3 Å². The predicted molar refractivity (Wildman–Crippen MR) is 125 cm³/mol. The molecule has 0 aliphatic carbocycles. The van der Waals surface area contributed by atoms with E-state index < -0.39 is 11.6 Å². The van der Waals surface area contributed by atoms with Crippen molar-refractivity contribution < 1.29 is 23.9 Å². The minimum Gasteiger partial charge on any atom is -0.454 e. The van der Waals surface area contributed by atoms with Crippen LogP contribution in [0.3, 0.4) is 0 Å². The fourth-order valence-corrected chi connectivity index (χ4v) is 4.14. The second-order valence-corrected chi connectivity index (χ2v) is 8.54. The van der Waals surface area contributed by atoms with Crippen LogP contribution in [0, 0.1) is 0 Å². The highest BCUT2D eigenvalue weighted by atomic mass is 16.7. The molecule has 8 heteroatoms. The first-order chi connectivity index (χ1) is 16.4. The molecule has 1 atom stereocenters. The number of carbonyl (C=O) groups is 3. The average molecular weight is 457 g/mol. The zero-order valence-electron chi connectivity index (χ0n) is 18.5. The van der Waals surface area contributed by atoms with Crippen molar-refractivity contribution in [1.82, 2.24) is 10.2 Å². The van der Waals surface area contributed by atoms with E-state index in [1.807, 2.05) is 42.5 Å². The molecule has 34 heavy (non-hydrogen) atoms. The van der Waals surface area contributed by atoms with Crippen LogP contribution in [0.4, 0.5) is 10.5 Å². The Labute approximate surface area is 196 Å². The number of nitrogens with one attached hydrogen (secondary N) is 2. The van der Waals surface area contributed by atoms with Crippen LogP contribution in [0.5, 0.6) is 11.5 Å². The van der Waals surface area contributed by atoms with Crippen LogP contribution in [-0.2, 0) is 17.8 Å². The zero-order chi connectivity index (χ0) is 23.7. The monoisotopic (exact) mass is 457 g/mol. The van der Waals surface area contributed by atoms with E-state index in [9.17, 15) is 14.4 Å². The molecular formula is C26H23N3O5. The normalized spacial score (nSPS) is 18.7. The van der Waals surface area contributed by atoms with Crippen LogP contribution in [0.1, 0.15) is 28.4 Å². The quantitative estimate of drug-likeness (QED) is 0.550. The average Bonchev–Trinajstić information content (AvgIpc) is 3.38. The molecule has 2 aliphatic rings. The number of para-hydroxylation sites is 1. The molecule has 1 fully saturated rings. The van der Waals surface area contributed by atoms with Crippen LogP contribution >= 0.6 is 0 Å². The molecule has 1 saturated heterocycles. The van der Waals surface area contributed by atoms with Crippen molar-refractivity contribution in [1.29, 1.82) is 0 Å². The predicted octanol–water partition coefficient (Wildman–Crippen LogP) is 3.72. The number of carbonyl (C=O) groups excluding carboxylic acids is 3. The topological polar surface area (TPSA) is 97.0 Å². The van der Waals surface area contributed by atoms with Gasteiger partial charge >= 0.3 is 6.03 Å². The third-order valence-corrected chi connectivity index (χ3v) is 5.93. The summed E-state index contributed by atoms with van der Waals surface area (Å²) in [5.74, 6) is 0.759. The van der Waals surface area contributed by atoms with Gasteiger partial charge in [0.25, 0.3) is 11.8 Å². The number of rotatable bonds is 6. The van der Waals surface area contributed by atoms with Crippen LogP contribution < -0.4 is 20.1 Å². The fraction of sp³-hybridized carbons (Fsp3) is 0.192. The number of fused-ring (bicyclic) bond motifs is 1. The summed E-state index contributed by atoms with van der Waals surface area (Å²) in [6.45, 7) is 2.00. The van der Waals surface area contributed by atoms with Crippen molar-refractivity contribution in [3.8, 4) is 11.5 Å². The van der Waals surface area contributed by atoms with Gasteiger partial charge in [0.2, 0.25) is 6.79 Å². The number of nitrogens with zero attached hydrogens (tertiary/aromatic N) is 1. The molecule has 0 saturated carbocycles. The molecular weight excluding hydrogens is 434 g/mol. The lowest BCUT2D eigenvalue weighted by Crippen LogP contribution is -2.45. The minimum absolute atomic E-state index is 0.113. The van der Waals surface area contributed by atoms with Crippen LogP contribution in [0.2, 0.25) is 0 Å². The number of ether oxygens (including phenoxy) is 2. The standard InChI is InChI=1S/C26H23N3O5/c1-26(14-18-9-12-21-22(13-18)34-16-33-21)24(31)29(25(32)28-26)15-17-7-10-19(11-8-17)23(30)27-20-5-3-2-4-6-20/h2-13H,14-16H2,1H3,(H,27,30)(H,28,32). The first-order valence-electron chi connectivity index (χ1n) is 10.9. The van der Waals surface area contributed by atoms with E-state index in [0.29, 0.717) is 29.2 Å². The number of hydrogen-bond donors (Lipinski definition) is 2. The summed E-state index contributed by atoms with van der Waals surface area (Å²) >= 11 is 0. The Kier molecular flexibility index (Phi) is 5.41. The van der Waals surface area contributed by atoms with Crippen LogP contribution in [-0.4, -0.2) is 35.1 Å². The maximum absolute atomic E-state index is 13.2. The largest absolute Gasteiger partial charge is 0.454 e. The van der Waals surface area contributed by atoms with E-state index in [1.165, 1.54) is 4.90 Å². The van der Waals surface area contributed by atoms with Gasteiger partial charge in [0.15, 0.2) is 11.5 Å². The van der Waals surface area contributed by atoms with Gasteiger partial charge in [0.05, 0.1) is 6.54 Å². The first kappa shape index (κ1) is 21.5. The van der Waals surface area contributed by atoms with Crippen LogP contribution in [0.25, 0.3) is 0 Å². The molecule has 2 aliphatic heterocycles. The minimum atomic E-state index is -1.07. The van der Waals surface area contributed by atoms with Gasteiger partial charge < -0.3 is 20.1 Å². The number of anilines is 1. The molecule has 2 N–H and O–H groups in total. The highest BCUT2D eigenvalue weighted by Gasteiger charge is 2.47. The number of imide groups is 1. The molecule has 4 amide bonds. The second-order valence-electron chi connectivity index (χ2n) is 8.54. The molecule has 0 radical (unpaired) electrons. The Balaban J connectivity index is 1.25. The van der Waals surface area contributed by atoms with Gasteiger partial charge in [-0.3, -0.25) is 14.5 Å². The Morgan fingerprint density at radius 2 is 1.68 bits per heavy atom. The van der Waals surface area contributed by atoms with Gasteiger partial charge in [-0.15, -0.1) is 0 Å². The van der Waals surface area contributed by atoms with Gasteiger partial charge in [-0.05, 0) is 54.4 Å². The van der Waals surface area contributed by atoms with Crippen molar-refractivity contribution >= 4 is 23.5 Å². The zero-order valence-corrected chi connectivity index (χ0v) is 18.5. The molecule has 3 aromatic rings. The molecule has 8 nitrogen and oxygen atoms in total. The lowest BCUT2D eigenvalue weighted by Gasteiger charge is -2.22. The number of hydrogen-bond acceptors (Lipinski definition) is 5. The summed E-state index contributed by atoms with van der Waals surface area (Å²) in [6, 6.07) is 21.1. The van der Waals surface area contributed by atoms with Gasteiger partial charge in [-0.1, -0.05) is 36.4 Å².